The molecule has 0 saturated carbocycles. The summed E-state index contributed by atoms with van der Waals surface area (Å²) in [6.45, 7) is 2.25. The van der Waals surface area contributed by atoms with E-state index in [2.05, 4.69) is 31.2 Å². The van der Waals surface area contributed by atoms with Crippen molar-refractivity contribution in [3.8, 4) is 0 Å². The molecule has 21 heavy (non-hydrogen) atoms. The predicted molar refractivity (Wildman–Crippen MR) is 94.7 cm³/mol. The van der Waals surface area contributed by atoms with Gasteiger partial charge in [0.1, 0.15) is 6.29 Å². The van der Waals surface area contributed by atoms with Crippen molar-refractivity contribution in [1.82, 2.24) is 0 Å². The van der Waals surface area contributed by atoms with Gasteiger partial charge in [-0.3, -0.25) is 0 Å². The minimum absolute atomic E-state index is 0.748. The highest BCUT2D eigenvalue weighted by Crippen LogP contribution is 2.09. The molecule has 122 valence electrons. The Morgan fingerprint density at radius 3 is 1.57 bits per heavy atom. The van der Waals surface area contributed by atoms with Gasteiger partial charge in [-0.05, 0) is 38.5 Å². The summed E-state index contributed by atoms with van der Waals surface area (Å²) in [4.78, 5) is 10.2. The molecule has 0 radical (unpaired) electrons. The third kappa shape index (κ3) is 19.1. The number of unbranched alkanes of at least 4 members (excludes halogenated alkanes) is 11. The fourth-order valence-electron chi connectivity index (χ4n) is 2.39. The van der Waals surface area contributed by atoms with Crippen molar-refractivity contribution in [3.63, 3.8) is 0 Å². The van der Waals surface area contributed by atoms with E-state index in [1.807, 2.05) is 0 Å². The number of hydrogen-bond acceptors (Lipinski definition) is 1. The summed E-state index contributed by atoms with van der Waals surface area (Å²) in [6, 6.07) is 0. The van der Waals surface area contributed by atoms with E-state index in [1.54, 1.807) is 0 Å². The van der Waals surface area contributed by atoms with Crippen LogP contribution >= 0.6 is 0 Å². The summed E-state index contributed by atoms with van der Waals surface area (Å²) in [5.41, 5.74) is 0. The molecule has 0 aliphatic heterocycles. The van der Waals surface area contributed by atoms with Crippen molar-refractivity contribution < 1.29 is 4.79 Å². The average molecular weight is 293 g/mol. The Labute approximate surface area is 132 Å². The molecule has 0 bridgehead atoms. The highest BCUT2D eigenvalue weighted by atomic mass is 16.1. The second-order valence-electron chi connectivity index (χ2n) is 5.89. The number of aldehydes is 1. The van der Waals surface area contributed by atoms with Gasteiger partial charge in [-0.25, -0.2) is 0 Å². The van der Waals surface area contributed by atoms with E-state index in [0.29, 0.717) is 0 Å². The molecule has 0 aromatic carbocycles. The maximum Gasteiger partial charge on any atom is 0.119 e. The van der Waals surface area contributed by atoms with Crippen LogP contribution in [0.2, 0.25) is 0 Å². The Morgan fingerprint density at radius 2 is 1.05 bits per heavy atom. The van der Waals surface area contributed by atoms with Gasteiger partial charge < -0.3 is 4.79 Å². The quantitative estimate of drug-likeness (QED) is 0.174. The minimum Gasteiger partial charge on any atom is -0.303 e. The fraction of sp³-hybridized carbons (Fsp3) is 0.750. The van der Waals surface area contributed by atoms with E-state index >= 15 is 0 Å². The van der Waals surface area contributed by atoms with Crippen LogP contribution in [0.5, 0.6) is 0 Å². The molecule has 0 unspecified atom stereocenters. The zero-order valence-corrected chi connectivity index (χ0v) is 14.2. The smallest absolute Gasteiger partial charge is 0.119 e. The molecule has 0 N–H and O–H groups in total. The highest BCUT2D eigenvalue weighted by Gasteiger charge is 1.91. The van der Waals surface area contributed by atoms with E-state index in [-0.39, 0.29) is 0 Å². The molecule has 0 aromatic rings. The maximum absolute atomic E-state index is 10.2. The SMILES string of the molecule is CCCCC/C=C\CC=CCCCCCCCCCC=O. The Kier molecular flexibility index (Phi) is 18.4. The summed E-state index contributed by atoms with van der Waals surface area (Å²) >= 11 is 0. The van der Waals surface area contributed by atoms with E-state index in [4.69, 9.17) is 0 Å². The molecule has 0 rings (SSSR count). The number of carbonyl (C=O) groups is 1. The second kappa shape index (κ2) is 19.1. The first-order valence-corrected chi connectivity index (χ1v) is 9.15. The molecular weight excluding hydrogens is 256 g/mol. The number of carbonyl (C=O) groups excluding carboxylic acids is 1. The summed E-state index contributed by atoms with van der Waals surface area (Å²) in [7, 11) is 0. The molecule has 0 saturated heterocycles. The monoisotopic (exact) mass is 292 g/mol. The Morgan fingerprint density at radius 1 is 0.571 bits per heavy atom. The second-order valence-corrected chi connectivity index (χ2v) is 5.89. The van der Waals surface area contributed by atoms with E-state index in [1.165, 1.54) is 70.6 Å². The largest absolute Gasteiger partial charge is 0.303 e. The summed E-state index contributed by atoms with van der Waals surface area (Å²) in [5.74, 6) is 0. The van der Waals surface area contributed by atoms with Crippen LogP contribution in [-0.4, -0.2) is 6.29 Å². The lowest BCUT2D eigenvalue weighted by molar-refractivity contribution is -0.107. The van der Waals surface area contributed by atoms with Crippen LogP contribution in [-0.2, 0) is 4.79 Å². The van der Waals surface area contributed by atoms with Crippen molar-refractivity contribution in [2.45, 2.75) is 96.8 Å². The lowest BCUT2D eigenvalue weighted by Crippen LogP contribution is -1.81. The molecule has 0 aliphatic rings. The lowest BCUT2D eigenvalue weighted by atomic mass is 10.1. The van der Waals surface area contributed by atoms with Gasteiger partial charge in [-0.15, -0.1) is 0 Å². The molecule has 0 fully saturated rings. The van der Waals surface area contributed by atoms with Gasteiger partial charge in [0.05, 0.1) is 0 Å². The third-order valence-electron chi connectivity index (χ3n) is 3.77. The average Bonchev–Trinajstić information content (AvgIpc) is 2.50. The van der Waals surface area contributed by atoms with Crippen molar-refractivity contribution in [1.29, 1.82) is 0 Å². The maximum atomic E-state index is 10.2. The number of hydrogen-bond donors (Lipinski definition) is 0. The van der Waals surface area contributed by atoms with Gasteiger partial charge in [-0.1, -0.05) is 76.2 Å². The fourth-order valence-corrected chi connectivity index (χ4v) is 2.39. The van der Waals surface area contributed by atoms with Crippen molar-refractivity contribution in [3.05, 3.63) is 24.3 Å². The van der Waals surface area contributed by atoms with Crippen LogP contribution in [0, 0.1) is 0 Å². The molecule has 0 amide bonds. The molecule has 1 heteroatoms. The predicted octanol–water partition coefficient (Wildman–Crippen LogP) is 6.78. The standard InChI is InChI=1S/C20H36O/c1-2-3-4-5-6-7-8-9-10-11-12-13-14-15-16-17-18-19-20-21/h6-7,9-10,20H,2-5,8,11-19H2,1H3/b7-6-,10-9?. The molecule has 0 spiro atoms. The first-order chi connectivity index (χ1) is 10.4. The van der Waals surface area contributed by atoms with Gasteiger partial charge in [0.2, 0.25) is 0 Å². The van der Waals surface area contributed by atoms with Crippen LogP contribution in [0.4, 0.5) is 0 Å². The van der Waals surface area contributed by atoms with Crippen LogP contribution in [0.3, 0.4) is 0 Å². The van der Waals surface area contributed by atoms with Gasteiger partial charge in [0.15, 0.2) is 0 Å². The van der Waals surface area contributed by atoms with Crippen LogP contribution < -0.4 is 0 Å². The molecule has 0 aromatic heterocycles. The van der Waals surface area contributed by atoms with Gasteiger partial charge in [-0.2, -0.15) is 0 Å². The van der Waals surface area contributed by atoms with Crippen molar-refractivity contribution >= 4 is 6.29 Å². The molecular formula is C20H36O. The Hall–Kier alpha value is -0.850. The van der Waals surface area contributed by atoms with Gasteiger partial charge in [0.25, 0.3) is 0 Å². The Balaban J connectivity index is 3.13. The summed E-state index contributed by atoms with van der Waals surface area (Å²) < 4.78 is 0. The Bertz CT molecular complexity index is 253. The normalized spacial score (nSPS) is 11.7. The topological polar surface area (TPSA) is 17.1 Å². The van der Waals surface area contributed by atoms with Crippen LogP contribution in [0.15, 0.2) is 24.3 Å². The number of rotatable bonds is 16. The first-order valence-electron chi connectivity index (χ1n) is 9.15. The zero-order valence-electron chi connectivity index (χ0n) is 14.2. The highest BCUT2D eigenvalue weighted by molar-refractivity contribution is 5.48. The van der Waals surface area contributed by atoms with Crippen LogP contribution in [0.25, 0.3) is 0 Å². The minimum atomic E-state index is 0.748. The molecule has 0 aliphatic carbocycles. The first kappa shape index (κ1) is 20.1. The molecule has 1 nitrogen and oxygen atoms in total. The molecule has 0 heterocycles. The zero-order chi connectivity index (χ0) is 15.4. The lowest BCUT2D eigenvalue weighted by Gasteiger charge is -1.99. The summed E-state index contributed by atoms with van der Waals surface area (Å²) in [5, 5.41) is 0. The van der Waals surface area contributed by atoms with E-state index < -0.39 is 0 Å². The van der Waals surface area contributed by atoms with E-state index in [9.17, 15) is 4.79 Å². The summed E-state index contributed by atoms with van der Waals surface area (Å²) in [6.07, 6.45) is 27.6. The van der Waals surface area contributed by atoms with Crippen LogP contribution in [0.1, 0.15) is 96.8 Å². The number of allylic oxidation sites excluding steroid dienone is 4. The van der Waals surface area contributed by atoms with E-state index in [0.717, 1.165) is 25.5 Å². The van der Waals surface area contributed by atoms with Crippen molar-refractivity contribution in [2.75, 3.05) is 0 Å². The third-order valence-corrected chi connectivity index (χ3v) is 3.77. The molecule has 0 atom stereocenters. The van der Waals surface area contributed by atoms with Gasteiger partial charge >= 0.3 is 0 Å². The van der Waals surface area contributed by atoms with Gasteiger partial charge in [0, 0.05) is 6.42 Å². The van der Waals surface area contributed by atoms with Crippen molar-refractivity contribution in [2.24, 2.45) is 0 Å².